The molecule has 3 rings (SSSR count). The van der Waals surface area contributed by atoms with E-state index in [4.69, 9.17) is 16.6 Å². The van der Waals surface area contributed by atoms with Crippen LogP contribution in [0.15, 0.2) is 29.4 Å². The Morgan fingerprint density at radius 1 is 1.33 bits per heavy atom. The summed E-state index contributed by atoms with van der Waals surface area (Å²) in [7, 11) is 2.01. The zero-order valence-electron chi connectivity index (χ0n) is 18.2. The molecule has 0 spiro atoms. The smallest absolute Gasteiger partial charge is 0.220 e. The molecule has 0 saturated heterocycles. The van der Waals surface area contributed by atoms with E-state index in [-0.39, 0.29) is 5.91 Å². The van der Waals surface area contributed by atoms with Gasteiger partial charge in [-0.2, -0.15) is 9.61 Å². The van der Waals surface area contributed by atoms with Crippen LogP contribution in [-0.4, -0.2) is 41.4 Å². The molecule has 2 aromatic heterocycles. The van der Waals surface area contributed by atoms with Gasteiger partial charge in [0.15, 0.2) is 5.65 Å². The molecule has 1 aliphatic carbocycles. The predicted octanol–water partition coefficient (Wildman–Crippen LogP) is 3.03. The molecule has 1 aliphatic rings. The Morgan fingerprint density at radius 2 is 2.13 bits per heavy atom. The number of halogens is 1. The summed E-state index contributed by atoms with van der Waals surface area (Å²) in [5.41, 5.74) is 3.72. The third-order valence-corrected chi connectivity index (χ3v) is 5.60. The van der Waals surface area contributed by atoms with E-state index >= 15 is 0 Å². The summed E-state index contributed by atoms with van der Waals surface area (Å²) in [4.78, 5) is 16.6. The Morgan fingerprint density at radius 3 is 2.90 bits per heavy atom. The number of hydrogen-bond donors (Lipinski definition) is 2. The van der Waals surface area contributed by atoms with Crippen LogP contribution in [0.1, 0.15) is 58.1 Å². The fourth-order valence-corrected chi connectivity index (χ4v) is 3.67. The topological polar surface area (TPSA) is 71.3 Å². The lowest BCUT2D eigenvalue weighted by atomic mass is 10.00. The summed E-state index contributed by atoms with van der Waals surface area (Å²) in [6, 6.07) is 2.01. The highest BCUT2D eigenvalue weighted by molar-refractivity contribution is 6.36. The molecule has 0 radical (unpaired) electrons. The predicted molar refractivity (Wildman–Crippen MR) is 127 cm³/mol. The number of fused-ring (bicyclic) bond motifs is 1. The maximum absolute atomic E-state index is 11.8. The van der Waals surface area contributed by atoms with Gasteiger partial charge in [-0.3, -0.25) is 4.79 Å². The van der Waals surface area contributed by atoms with Crippen molar-refractivity contribution in [3.63, 3.8) is 0 Å². The van der Waals surface area contributed by atoms with Gasteiger partial charge >= 0.3 is 0 Å². The van der Waals surface area contributed by atoms with E-state index in [0.717, 1.165) is 71.9 Å². The number of nitrogens with one attached hydrogen (secondary N) is 2. The third-order valence-electron chi connectivity index (χ3n) is 5.21. The minimum atomic E-state index is 0.148. The maximum atomic E-state index is 11.8. The van der Waals surface area contributed by atoms with Crippen LogP contribution in [0.5, 0.6) is 0 Å². The Hall–Kier alpha value is -2.28. The van der Waals surface area contributed by atoms with E-state index in [1.54, 1.807) is 0 Å². The number of rotatable bonds is 10. The minimum absolute atomic E-state index is 0.148. The normalized spacial score (nSPS) is 14.0. The first-order chi connectivity index (χ1) is 14.5. The van der Waals surface area contributed by atoms with Crippen molar-refractivity contribution in [2.24, 2.45) is 5.92 Å². The second kappa shape index (κ2) is 10.7. The van der Waals surface area contributed by atoms with Crippen molar-refractivity contribution in [2.75, 3.05) is 18.4 Å². The van der Waals surface area contributed by atoms with Gasteiger partial charge in [-0.05, 0) is 43.5 Å². The molecule has 0 saturated carbocycles. The van der Waals surface area contributed by atoms with Crippen LogP contribution in [0.4, 0.5) is 5.82 Å². The number of aromatic nitrogens is 3. The molecule has 0 aliphatic heterocycles. The molecule has 8 heteroatoms. The molecule has 0 aromatic carbocycles. The second-order valence-corrected chi connectivity index (χ2v) is 8.72. The Bertz CT molecular complexity index is 950. The molecule has 160 valence electrons. The Kier molecular flexibility index (Phi) is 7.97. The quantitative estimate of drug-likeness (QED) is 0.451. The number of carbonyl (C=O) groups excluding carboxylic acids is 1. The largest absolute Gasteiger partial charge is 0.370 e. The molecule has 0 fully saturated rings. The zero-order chi connectivity index (χ0) is 21.5. The van der Waals surface area contributed by atoms with Gasteiger partial charge in [0.2, 0.25) is 5.91 Å². The lowest BCUT2D eigenvalue weighted by Crippen LogP contribution is -2.24. The number of anilines is 1. The van der Waals surface area contributed by atoms with Crippen LogP contribution in [0, 0.1) is 5.92 Å². The monoisotopic (exact) mass is 427 g/mol. The summed E-state index contributed by atoms with van der Waals surface area (Å²) in [5, 5.41) is 11.8. The van der Waals surface area contributed by atoms with Crippen molar-refractivity contribution >= 4 is 47.9 Å². The van der Waals surface area contributed by atoms with Crippen molar-refractivity contribution in [2.45, 2.75) is 52.4 Å². The summed E-state index contributed by atoms with van der Waals surface area (Å²) in [6.07, 6.45) is 11.3. The van der Waals surface area contributed by atoms with Crippen molar-refractivity contribution < 1.29 is 4.79 Å². The van der Waals surface area contributed by atoms with Crippen molar-refractivity contribution in [3.8, 4) is 0 Å². The van der Waals surface area contributed by atoms with E-state index in [2.05, 4.69) is 41.7 Å². The molecule has 0 bridgehead atoms. The molecule has 1 amide bonds. The molecule has 0 atom stereocenters. The van der Waals surface area contributed by atoms with Gasteiger partial charge in [-0.25, -0.2) is 4.98 Å². The van der Waals surface area contributed by atoms with Gasteiger partial charge in [0.25, 0.3) is 0 Å². The average molecular weight is 428 g/mol. The van der Waals surface area contributed by atoms with Gasteiger partial charge in [-0.1, -0.05) is 37.6 Å². The van der Waals surface area contributed by atoms with Gasteiger partial charge < -0.3 is 10.6 Å². The number of unbranched alkanes of at least 4 members (excludes halogenated alkanes) is 1. The molecule has 2 aromatic rings. The van der Waals surface area contributed by atoms with Gasteiger partial charge in [0.05, 0.1) is 5.69 Å². The molecular weight excluding hydrogens is 397 g/mol. The average Bonchev–Trinajstić information content (AvgIpc) is 3.10. The number of allylic oxidation sites excluding steroid dienone is 4. The van der Waals surface area contributed by atoms with E-state index in [0.29, 0.717) is 18.9 Å². The lowest BCUT2D eigenvalue weighted by molar-refractivity contribution is -0.121. The summed E-state index contributed by atoms with van der Waals surface area (Å²) < 4.78 is 1.84. The minimum Gasteiger partial charge on any atom is -0.370 e. The van der Waals surface area contributed by atoms with E-state index < -0.39 is 0 Å². The first kappa shape index (κ1) is 22.4. The molecule has 6 nitrogen and oxygen atoms in total. The van der Waals surface area contributed by atoms with Crippen LogP contribution in [0.25, 0.3) is 11.2 Å². The summed E-state index contributed by atoms with van der Waals surface area (Å²) in [5.74, 6) is 1.61. The first-order valence-corrected chi connectivity index (χ1v) is 11.2. The van der Waals surface area contributed by atoms with Gasteiger partial charge in [0.1, 0.15) is 13.7 Å². The fraction of sp³-hybridized carbons (Fsp3) is 0.500. The van der Waals surface area contributed by atoms with Crippen molar-refractivity contribution in [3.05, 3.63) is 35.1 Å². The number of nitrogens with zero attached hydrogens (tertiary/aromatic N) is 3. The molecule has 30 heavy (non-hydrogen) atoms. The standard InChI is InChI=1S/C22H31BClN5O/c1-15(2)9-10-21(30)26-12-6-5-11-25-20-13-19(16-7-3-4-8-18(16)24)28-22-17(23)14-27-29(20)22/h3,7,13-15,25H,4-6,8-12,23H2,1-2H3,(H,26,30). The van der Waals surface area contributed by atoms with Gasteiger partial charge in [0, 0.05) is 42.4 Å². The summed E-state index contributed by atoms with van der Waals surface area (Å²) in [6.45, 7) is 5.78. The lowest BCUT2D eigenvalue weighted by Gasteiger charge is -2.14. The Balaban J connectivity index is 1.58. The maximum Gasteiger partial charge on any atom is 0.220 e. The van der Waals surface area contributed by atoms with Crippen LogP contribution in [-0.2, 0) is 4.79 Å². The SMILES string of the molecule is Bc1cnn2c(NCCCCNC(=O)CCC(C)C)cc(C3=C(Cl)CCC=C3)nc12. The molecule has 0 unspecified atom stereocenters. The summed E-state index contributed by atoms with van der Waals surface area (Å²) >= 11 is 6.47. The second-order valence-electron chi connectivity index (χ2n) is 8.27. The van der Waals surface area contributed by atoms with Crippen molar-refractivity contribution in [1.82, 2.24) is 19.9 Å². The number of hydrogen-bond acceptors (Lipinski definition) is 4. The molecule has 2 heterocycles. The van der Waals surface area contributed by atoms with Crippen LogP contribution >= 0.6 is 11.6 Å². The van der Waals surface area contributed by atoms with E-state index in [1.165, 1.54) is 0 Å². The molecular formula is C22H31BClN5O. The molecule has 2 N–H and O–H groups in total. The number of carbonyl (C=O) groups is 1. The first-order valence-electron chi connectivity index (χ1n) is 10.9. The highest BCUT2D eigenvalue weighted by Gasteiger charge is 2.15. The van der Waals surface area contributed by atoms with E-state index in [9.17, 15) is 4.79 Å². The van der Waals surface area contributed by atoms with Crippen LogP contribution < -0.4 is 16.1 Å². The van der Waals surface area contributed by atoms with E-state index in [1.807, 2.05) is 24.6 Å². The van der Waals surface area contributed by atoms with Gasteiger partial charge in [-0.15, -0.1) is 0 Å². The zero-order valence-corrected chi connectivity index (χ0v) is 18.9. The third kappa shape index (κ3) is 5.88. The fourth-order valence-electron chi connectivity index (χ4n) is 3.40. The number of amides is 1. The Labute approximate surface area is 184 Å². The van der Waals surface area contributed by atoms with Crippen molar-refractivity contribution in [1.29, 1.82) is 0 Å². The highest BCUT2D eigenvalue weighted by atomic mass is 35.5. The highest BCUT2D eigenvalue weighted by Crippen LogP contribution is 2.30. The van der Waals surface area contributed by atoms with Crippen LogP contribution in [0.3, 0.4) is 0 Å². The van der Waals surface area contributed by atoms with Crippen LogP contribution in [0.2, 0.25) is 0 Å².